The molecule has 44 heteroatoms. The van der Waals surface area contributed by atoms with Crippen molar-refractivity contribution < 1.29 is 106 Å². The van der Waals surface area contributed by atoms with Crippen molar-refractivity contribution in [1.29, 1.82) is 5.41 Å². The van der Waals surface area contributed by atoms with Crippen LogP contribution in [0.15, 0.2) is 97.2 Å². The van der Waals surface area contributed by atoms with Crippen LogP contribution in [-0.4, -0.2) is 232 Å². The van der Waals surface area contributed by atoms with Crippen LogP contribution in [0.5, 0.6) is 5.75 Å². The first kappa shape index (κ1) is 96.5. The third kappa shape index (κ3) is 31.5. The molecule has 5 aromatic rings. The summed E-state index contributed by atoms with van der Waals surface area (Å²) in [7, 11) is 1.38. The molecular weight excluding hydrogens is 1600 g/mol. The molecule has 1 fully saturated rings. The minimum atomic E-state index is -2.20. The number of ether oxygens (including phenoxy) is 1. The van der Waals surface area contributed by atoms with Gasteiger partial charge in [-0.05, 0) is 97.5 Å². The highest BCUT2D eigenvalue weighted by atomic mass is 16.5. The van der Waals surface area contributed by atoms with Crippen molar-refractivity contribution in [3.63, 3.8) is 0 Å². The lowest BCUT2D eigenvalue weighted by molar-refractivity contribution is -0.144. The first-order chi connectivity index (χ1) is 57.8. The quantitative estimate of drug-likeness (QED) is 0.0115. The van der Waals surface area contributed by atoms with Crippen molar-refractivity contribution in [1.82, 2.24) is 79.4 Å². The number of nitrogens with two attached hydrogens (primary N) is 6. The molecular formula is C78H104N22O22. The van der Waals surface area contributed by atoms with E-state index in [0.717, 1.165) is 13.8 Å². The van der Waals surface area contributed by atoms with Crippen LogP contribution in [0, 0.1) is 5.41 Å². The fourth-order valence-corrected chi connectivity index (χ4v) is 13.0. The van der Waals surface area contributed by atoms with Crippen molar-refractivity contribution in [2.24, 2.45) is 34.4 Å². The number of aromatic amines is 1. The molecule has 0 bridgehead atoms. The van der Waals surface area contributed by atoms with Crippen molar-refractivity contribution in [3.05, 3.63) is 114 Å². The summed E-state index contributed by atoms with van der Waals surface area (Å²) in [5.41, 5.74) is 34.7. The largest absolute Gasteiger partial charge is 0.497 e. The summed E-state index contributed by atoms with van der Waals surface area (Å²) in [6, 6.07) is 1.72. The van der Waals surface area contributed by atoms with E-state index in [1.165, 1.54) is 37.6 Å². The Morgan fingerprint density at radius 1 is 0.533 bits per heavy atom. The van der Waals surface area contributed by atoms with E-state index in [-0.39, 0.29) is 45.2 Å². The number of H-pyrrole nitrogens is 1. The second kappa shape index (κ2) is 47.3. The number of carbonyl (C=O) groups excluding carboxylic acids is 18. The number of aromatic nitrogens is 1. The summed E-state index contributed by atoms with van der Waals surface area (Å²) in [5.74, 6) is -23.4. The van der Waals surface area contributed by atoms with Crippen LogP contribution in [0.3, 0.4) is 0 Å². The molecule has 2 heterocycles. The highest BCUT2D eigenvalue weighted by Gasteiger charge is 2.40. The maximum absolute atomic E-state index is 15.6. The molecule has 6 rings (SSSR count). The molecule has 1 aliphatic heterocycles. The Labute approximate surface area is 697 Å². The van der Waals surface area contributed by atoms with Gasteiger partial charge in [-0.1, -0.05) is 72.8 Å². The number of aliphatic hydroxyl groups is 1. The van der Waals surface area contributed by atoms with Crippen LogP contribution in [-0.2, 0) is 110 Å². The third-order valence-electron chi connectivity index (χ3n) is 19.3. The first-order valence-corrected chi connectivity index (χ1v) is 38.7. The van der Waals surface area contributed by atoms with Crippen molar-refractivity contribution in [2.75, 3.05) is 20.2 Å². The van der Waals surface area contributed by atoms with Crippen molar-refractivity contribution in [2.45, 2.75) is 195 Å². The van der Waals surface area contributed by atoms with Crippen LogP contribution >= 0.6 is 0 Å². The molecule has 13 atom stereocenters. The van der Waals surface area contributed by atoms with Gasteiger partial charge in [0.05, 0.1) is 38.9 Å². The smallest absolute Gasteiger partial charge is 0.326 e. The predicted octanol–water partition coefficient (Wildman–Crippen LogP) is -7.23. The molecule has 4 aromatic carbocycles. The molecule has 0 saturated carbocycles. The molecule has 0 spiro atoms. The highest BCUT2D eigenvalue weighted by Crippen LogP contribution is 2.23. The predicted molar refractivity (Wildman–Crippen MR) is 433 cm³/mol. The summed E-state index contributed by atoms with van der Waals surface area (Å²) < 4.78 is 5.37. The van der Waals surface area contributed by atoms with Crippen LogP contribution < -0.4 is 114 Å². The minimum Gasteiger partial charge on any atom is -0.497 e. The topological polar surface area (TPSA) is 738 Å². The van der Waals surface area contributed by atoms with Gasteiger partial charge < -0.3 is 129 Å². The van der Waals surface area contributed by atoms with E-state index in [1.807, 2.05) is 5.32 Å². The number of carboxylic acids is 1. The summed E-state index contributed by atoms with van der Waals surface area (Å²) >= 11 is 0. The zero-order valence-corrected chi connectivity index (χ0v) is 67.0. The first-order valence-electron chi connectivity index (χ1n) is 38.7. The summed E-state index contributed by atoms with van der Waals surface area (Å²) in [6.45, 7) is 1.63. The van der Waals surface area contributed by atoms with Crippen LogP contribution in [0.2, 0.25) is 0 Å². The minimum absolute atomic E-state index is 0.0832. The zero-order valence-electron chi connectivity index (χ0n) is 67.0. The number of amides is 18. The van der Waals surface area contributed by atoms with Gasteiger partial charge in [-0.25, -0.2) is 4.79 Å². The van der Waals surface area contributed by atoms with Gasteiger partial charge in [-0.2, -0.15) is 0 Å². The Bertz CT molecular complexity index is 4690. The molecule has 18 amide bonds. The molecule has 30 N–H and O–H groups in total. The lowest BCUT2D eigenvalue weighted by atomic mass is 9.97. The maximum atomic E-state index is 15.6. The van der Waals surface area contributed by atoms with E-state index < -0.39 is 267 Å². The van der Waals surface area contributed by atoms with Gasteiger partial charge in [0.15, 0.2) is 5.96 Å². The van der Waals surface area contributed by atoms with Crippen molar-refractivity contribution >= 4 is 140 Å². The molecule has 1 aromatic heterocycles. The number of hydrogen-bond donors (Lipinski definition) is 24. The summed E-state index contributed by atoms with van der Waals surface area (Å²) in [4.78, 5) is 267. The fraction of sp³-hybridized carbons (Fsp3) is 0.436. The number of para-hydroxylation sites is 1. The van der Waals surface area contributed by atoms with Gasteiger partial charge in [0.2, 0.25) is 106 Å². The second-order valence-electron chi connectivity index (χ2n) is 28.9. The Balaban J connectivity index is 1.53. The monoisotopic (exact) mass is 1700 g/mol. The number of guanidine groups is 1. The number of nitrogens with one attached hydrogen (secondary N) is 16. The van der Waals surface area contributed by atoms with E-state index in [9.17, 15) is 72.5 Å². The van der Waals surface area contributed by atoms with E-state index in [2.05, 4.69) is 74.1 Å². The van der Waals surface area contributed by atoms with Gasteiger partial charge in [-0.15, -0.1) is 0 Å². The van der Waals surface area contributed by atoms with Gasteiger partial charge in [0, 0.05) is 69.2 Å². The molecule has 2 unspecified atom stereocenters. The number of carboxylic acid groups (broad SMARTS) is 1. The Morgan fingerprint density at radius 2 is 1.04 bits per heavy atom. The lowest BCUT2D eigenvalue weighted by Crippen LogP contribution is -2.62. The maximum Gasteiger partial charge on any atom is 0.326 e. The standard InChI is InChI=1S/C78H104N22O22/c1-38(101)65-76(119)98-54(32-43-37-88-47-17-7-6-16-46(43)47)72(115)91-50(24-26-59(79)103)68(111)90-49(19-11-29-87-78(84)85)67(110)93-52(30-40-20-22-44(122-3)23-21-40)70(113)94-53(31-42-14-10-13-41-12-4-5-15-45(41)42)71(114)92-51(25-27-60(80)104)69(112)97-57(74(117)96-55(33-61(81)105)73(116)99-58(77(120)121)35-63(83)107)36-64(108)86-28-9-8-18-48(89-39(2)102)66(109)95-56(34-62(82)106)75(118)100-65/h4-7,10,12-17,20-23,37-38,48-58,65,88,101H,8-9,11,18-19,24-36H2,1-3H3,(H2,79,103)(H2,80,104)(H2,81,105)(H2,82,106)(H2,83,107)(H,86,108)(H,89,102)(H,90,111)(H,91,115)(H,92,114)(H,93,110)(H,94,113)(H,95,109)(H,96,117)(H,97,112)(H,98,119)(H,99,116)(H,100,118)(H,120,121)(H4,84,85,87)/t38-,48?,49+,50+,51+,52+,53+,54+,55+,56+,57-,58+,65?/m1/s1. The fourth-order valence-electron chi connectivity index (χ4n) is 13.0. The van der Waals surface area contributed by atoms with Gasteiger partial charge in [0.25, 0.3) is 0 Å². The zero-order chi connectivity index (χ0) is 90.0. The number of benzene rings is 4. The van der Waals surface area contributed by atoms with E-state index in [4.69, 9.17) is 44.5 Å². The molecule has 122 heavy (non-hydrogen) atoms. The average molecular weight is 1700 g/mol. The van der Waals surface area contributed by atoms with E-state index in [0.29, 0.717) is 44.1 Å². The number of primary amides is 5. The van der Waals surface area contributed by atoms with Crippen LogP contribution in [0.25, 0.3) is 21.7 Å². The number of fused-ring (bicyclic) bond motifs is 2. The summed E-state index contributed by atoms with van der Waals surface area (Å²) in [5, 5.41) is 64.4. The molecule has 44 nitrogen and oxygen atoms in total. The van der Waals surface area contributed by atoms with Gasteiger partial charge >= 0.3 is 5.97 Å². The van der Waals surface area contributed by atoms with Crippen molar-refractivity contribution in [3.8, 4) is 5.75 Å². The van der Waals surface area contributed by atoms with E-state index >= 15 is 28.8 Å². The number of aliphatic hydroxyl groups excluding tert-OH is 1. The normalized spacial score (nSPS) is 21.3. The number of rotatable bonds is 30. The number of carbonyl (C=O) groups is 19. The second-order valence-corrected chi connectivity index (χ2v) is 28.9. The van der Waals surface area contributed by atoms with E-state index in [1.54, 1.807) is 66.7 Å². The molecule has 658 valence electrons. The Kier molecular flexibility index (Phi) is 37.4. The molecule has 1 saturated heterocycles. The lowest BCUT2D eigenvalue weighted by Gasteiger charge is -2.29. The molecule has 0 aliphatic carbocycles. The summed E-state index contributed by atoms with van der Waals surface area (Å²) in [6.07, 6.45) is -9.33. The highest BCUT2D eigenvalue weighted by molar-refractivity contribution is 6.03. The Hall–Kier alpha value is -14.4. The number of aliphatic carboxylic acids is 1. The van der Waals surface area contributed by atoms with Gasteiger partial charge in [-0.3, -0.25) is 91.7 Å². The van der Waals surface area contributed by atoms with Crippen LogP contribution in [0.4, 0.5) is 0 Å². The SMILES string of the molecule is COc1ccc(C[C@@H]2NC(=O)[C@H](CCCNC(=N)N)NC(=O)[C@H](CCC(N)=O)NC(=O)[C@H](Cc3c[nH]c4ccccc34)NC(=O)C([C@@H](C)O)NC(=O)[C@H](CC(N)=O)NC(=O)C(NC(C)=O)CCCCNC(=O)C[C@H](C(=O)N[C@@H](CC(N)=O)C(=O)N[C@@H](CC(N)=O)C(=O)O)NC(=O)[C@H](CCC(N)=O)NC(=O)[C@H](Cc3cccc4ccccc34)NC2=O)cc1. The number of hydrogen-bond acceptors (Lipinski definition) is 22. The number of methoxy groups -OCH3 is 1. The average Bonchev–Trinajstić information content (AvgIpc) is 1.31. The van der Waals surface area contributed by atoms with Crippen LogP contribution in [0.1, 0.15) is 114 Å². The molecule has 0 radical (unpaired) electrons. The Morgan fingerprint density at radius 3 is 1.60 bits per heavy atom. The third-order valence-corrected chi connectivity index (χ3v) is 19.3. The molecule has 1 aliphatic rings. The van der Waals surface area contributed by atoms with Gasteiger partial charge in [0.1, 0.15) is 78.3 Å².